The largest absolute Gasteiger partial charge is 0.496 e. The summed E-state index contributed by atoms with van der Waals surface area (Å²) in [7, 11) is 1.93. The molecular weight excluding hydrogens is 178 g/mol. The van der Waals surface area contributed by atoms with E-state index in [1.165, 1.54) is 0 Å². The van der Waals surface area contributed by atoms with Crippen LogP contribution < -0.4 is 5.32 Å². The molecule has 2 rings (SSSR count). The molecule has 76 valence electrons. The molecule has 0 spiro atoms. The Labute approximate surface area is 83.7 Å². The monoisotopic (exact) mass is 193 g/mol. The van der Waals surface area contributed by atoms with Crippen molar-refractivity contribution in [1.82, 2.24) is 5.32 Å². The molecule has 2 heterocycles. The molecule has 3 heteroatoms. The first-order valence-electron chi connectivity index (χ1n) is 4.87. The van der Waals surface area contributed by atoms with E-state index in [0.717, 1.165) is 30.1 Å². The molecule has 1 aromatic heterocycles. The third kappa shape index (κ3) is 1.55. The van der Waals surface area contributed by atoms with Gasteiger partial charge in [0.2, 0.25) is 0 Å². The van der Waals surface area contributed by atoms with Crippen LogP contribution in [0.4, 0.5) is 0 Å². The SMILES string of the molecule is CNC(C1=CCCO1)c1ccoc1C. The van der Waals surface area contributed by atoms with Crippen molar-refractivity contribution in [2.75, 3.05) is 13.7 Å². The van der Waals surface area contributed by atoms with Crippen molar-refractivity contribution >= 4 is 0 Å². The fourth-order valence-electron chi connectivity index (χ4n) is 1.78. The quantitative estimate of drug-likeness (QED) is 0.798. The minimum Gasteiger partial charge on any atom is -0.496 e. The molecule has 0 amide bonds. The summed E-state index contributed by atoms with van der Waals surface area (Å²) in [4.78, 5) is 0. The van der Waals surface area contributed by atoms with Crippen molar-refractivity contribution < 1.29 is 9.15 Å². The highest BCUT2D eigenvalue weighted by Gasteiger charge is 2.21. The van der Waals surface area contributed by atoms with Crippen LogP contribution in [0.1, 0.15) is 23.8 Å². The van der Waals surface area contributed by atoms with Crippen LogP contribution in [0.2, 0.25) is 0 Å². The maximum atomic E-state index is 5.54. The van der Waals surface area contributed by atoms with Gasteiger partial charge in [0.05, 0.1) is 18.9 Å². The maximum Gasteiger partial charge on any atom is 0.114 e. The number of aryl methyl sites for hydroxylation is 1. The van der Waals surface area contributed by atoms with Gasteiger partial charge in [-0.2, -0.15) is 0 Å². The van der Waals surface area contributed by atoms with Crippen LogP contribution in [0.5, 0.6) is 0 Å². The van der Waals surface area contributed by atoms with Gasteiger partial charge < -0.3 is 14.5 Å². The molecule has 1 aliphatic rings. The van der Waals surface area contributed by atoms with E-state index in [2.05, 4.69) is 11.4 Å². The molecule has 0 saturated carbocycles. The molecule has 0 bridgehead atoms. The van der Waals surface area contributed by atoms with Crippen molar-refractivity contribution in [2.24, 2.45) is 0 Å². The average molecular weight is 193 g/mol. The first kappa shape index (κ1) is 9.34. The van der Waals surface area contributed by atoms with Gasteiger partial charge >= 0.3 is 0 Å². The fraction of sp³-hybridized carbons (Fsp3) is 0.455. The third-order valence-corrected chi connectivity index (χ3v) is 2.52. The number of furan rings is 1. The number of likely N-dealkylation sites (N-methyl/N-ethyl adjacent to an activating group) is 1. The molecule has 1 aromatic rings. The minimum atomic E-state index is 0.135. The first-order valence-corrected chi connectivity index (χ1v) is 4.87. The first-order chi connectivity index (χ1) is 6.83. The molecule has 0 fully saturated rings. The van der Waals surface area contributed by atoms with Crippen molar-refractivity contribution in [3.63, 3.8) is 0 Å². The van der Waals surface area contributed by atoms with Gasteiger partial charge in [0.25, 0.3) is 0 Å². The van der Waals surface area contributed by atoms with Crippen LogP contribution in [-0.2, 0) is 4.74 Å². The van der Waals surface area contributed by atoms with E-state index in [1.54, 1.807) is 6.26 Å². The van der Waals surface area contributed by atoms with Gasteiger partial charge in [0, 0.05) is 12.0 Å². The van der Waals surface area contributed by atoms with Crippen LogP contribution in [0, 0.1) is 6.92 Å². The zero-order chi connectivity index (χ0) is 9.97. The molecule has 0 saturated heterocycles. The summed E-state index contributed by atoms with van der Waals surface area (Å²) in [5, 5.41) is 3.23. The highest BCUT2D eigenvalue weighted by atomic mass is 16.5. The minimum absolute atomic E-state index is 0.135. The van der Waals surface area contributed by atoms with Crippen LogP contribution in [0.15, 0.2) is 28.6 Å². The van der Waals surface area contributed by atoms with Gasteiger partial charge in [-0.3, -0.25) is 0 Å². The van der Waals surface area contributed by atoms with Gasteiger partial charge in [-0.15, -0.1) is 0 Å². The molecular formula is C11H15NO2. The molecule has 1 N–H and O–H groups in total. The molecule has 0 aromatic carbocycles. The van der Waals surface area contributed by atoms with Gasteiger partial charge in [-0.25, -0.2) is 0 Å². The topological polar surface area (TPSA) is 34.4 Å². The Hall–Kier alpha value is -1.22. The molecule has 1 atom stereocenters. The molecule has 1 unspecified atom stereocenters. The van der Waals surface area contributed by atoms with E-state index in [-0.39, 0.29) is 6.04 Å². The Morgan fingerprint density at radius 3 is 2.86 bits per heavy atom. The number of hydrogen-bond acceptors (Lipinski definition) is 3. The summed E-state index contributed by atoms with van der Waals surface area (Å²) in [5.41, 5.74) is 1.15. The highest BCUT2D eigenvalue weighted by molar-refractivity contribution is 5.28. The second kappa shape index (κ2) is 3.88. The third-order valence-electron chi connectivity index (χ3n) is 2.52. The molecule has 1 aliphatic heterocycles. The highest BCUT2D eigenvalue weighted by Crippen LogP contribution is 2.28. The summed E-state index contributed by atoms with van der Waals surface area (Å²) in [5.74, 6) is 1.96. The predicted molar refractivity (Wildman–Crippen MR) is 53.9 cm³/mol. The van der Waals surface area contributed by atoms with Gasteiger partial charge in [0.1, 0.15) is 11.5 Å². The lowest BCUT2D eigenvalue weighted by molar-refractivity contribution is 0.217. The smallest absolute Gasteiger partial charge is 0.114 e. The van der Waals surface area contributed by atoms with Crippen LogP contribution in [-0.4, -0.2) is 13.7 Å². The van der Waals surface area contributed by atoms with Gasteiger partial charge in [-0.05, 0) is 26.1 Å². The van der Waals surface area contributed by atoms with E-state index in [0.29, 0.717) is 0 Å². The van der Waals surface area contributed by atoms with Crippen molar-refractivity contribution in [2.45, 2.75) is 19.4 Å². The standard InChI is InChI=1S/C11H15NO2/c1-8-9(5-7-13-8)11(12-2)10-4-3-6-14-10/h4-5,7,11-12H,3,6H2,1-2H3. The Morgan fingerprint density at radius 2 is 2.36 bits per heavy atom. The molecule has 0 aliphatic carbocycles. The van der Waals surface area contributed by atoms with Gasteiger partial charge in [0.15, 0.2) is 0 Å². The summed E-state index contributed by atoms with van der Waals surface area (Å²) in [6.07, 6.45) is 4.85. The van der Waals surface area contributed by atoms with Crippen LogP contribution >= 0.6 is 0 Å². The Kier molecular flexibility index (Phi) is 2.59. The second-order valence-corrected chi connectivity index (χ2v) is 3.40. The normalized spacial score (nSPS) is 17.7. The van der Waals surface area contributed by atoms with Crippen LogP contribution in [0.3, 0.4) is 0 Å². The lowest BCUT2D eigenvalue weighted by Gasteiger charge is -2.16. The molecule has 0 radical (unpaired) electrons. The summed E-state index contributed by atoms with van der Waals surface area (Å²) >= 11 is 0. The molecule has 3 nitrogen and oxygen atoms in total. The van der Waals surface area contributed by atoms with Gasteiger partial charge in [-0.1, -0.05) is 0 Å². The summed E-state index contributed by atoms with van der Waals surface area (Å²) in [6.45, 7) is 2.76. The number of ether oxygens (including phenoxy) is 1. The average Bonchev–Trinajstić information content (AvgIpc) is 2.80. The van der Waals surface area contributed by atoms with Crippen molar-refractivity contribution in [3.8, 4) is 0 Å². The number of rotatable bonds is 3. The zero-order valence-corrected chi connectivity index (χ0v) is 8.54. The maximum absolute atomic E-state index is 5.54. The van der Waals surface area contributed by atoms with Crippen LogP contribution in [0.25, 0.3) is 0 Å². The van der Waals surface area contributed by atoms with Crippen molar-refractivity contribution in [1.29, 1.82) is 0 Å². The Bertz CT molecular complexity index is 341. The molecule has 14 heavy (non-hydrogen) atoms. The van der Waals surface area contributed by atoms with Crippen molar-refractivity contribution in [3.05, 3.63) is 35.5 Å². The van der Waals surface area contributed by atoms with E-state index < -0.39 is 0 Å². The zero-order valence-electron chi connectivity index (χ0n) is 8.54. The second-order valence-electron chi connectivity index (χ2n) is 3.40. The number of nitrogens with one attached hydrogen (secondary N) is 1. The fourth-order valence-corrected chi connectivity index (χ4v) is 1.78. The van der Waals surface area contributed by atoms with E-state index in [9.17, 15) is 0 Å². The lowest BCUT2D eigenvalue weighted by Crippen LogP contribution is -2.19. The lowest BCUT2D eigenvalue weighted by atomic mass is 10.1. The van der Waals surface area contributed by atoms with E-state index >= 15 is 0 Å². The number of hydrogen-bond donors (Lipinski definition) is 1. The summed E-state index contributed by atoms with van der Waals surface area (Å²) in [6, 6.07) is 2.12. The van der Waals surface area contributed by atoms with E-state index in [1.807, 2.05) is 20.0 Å². The Balaban J connectivity index is 2.25. The Morgan fingerprint density at radius 1 is 1.50 bits per heavy atom. The summed E-state index contributed by atoms with van der Waals surface area (Å²) < 4.78 is 10.8. The predicted octanol–water partition coefficient (Wildman–Crippen LogP) is 2.15. The van der Waals surface area contributed by atoms with E-state index in [4.69, 9.17) is 9.15 Å².